The smallest absolute Gasteiger partial charge is 0.416 e. The van der Waals surface area contributed by atoms with Crippen molar-refractivity contribution >= 4 is 5.97 Å². The van der Waals surface area contributed by atoms with Gasteiger partial charge in [-0.15, -0.1) is 0 Å². The zero-order valence-electron chi connectivity index (χ0n) is 20.6. The molecule has 3 aromatic carbocycles. The Hall–Kier alpha value is -3.47. The number of benzene rings is 3. The number of halogens is 4. The van der Waals surface area contributed by atoms with Crippen molar-refractivity contribution in [3.63, 3.8) is 0 Å². The maximum atomic E-state index is 13.8. The maximum absolute atomic E-state index is 13.8. The van der Waals surface area contributed by atoms with Crippen molar-refractivity contribution in [3.8, 4) is 5.75 Å². The monoisotopic (exact) mass is 535 g/mol. The molecule has 0 aromatic heterocycles. The lowest BCUT2D eigenvalue weighted by molar-refractivity contribution is -0.144. The van der Waals surface area contributed by atoms with Crippen LogP contribution in [0.5, 0.6) is 5.75 Å². The fourth-order valence-corrected chi connectivity index (χ4v) is 3.83. The molecule has 0 saturated carbocycles. The van der Waals surface area contributed by atoms with Crippen molar-refractivity contribution in [3.05, 3.63) is 99.9 Å². The summed E-state index contributed by atoms with van der Waals surface area (Å²) in [6, 6.07) is 13.6. The van der Waals surface area contributed by atoms with Gasteiger partial charge in [0.2, 0.25) is 0 Å². The molecule has 0 bridgehead atoms. The lowest BCUT2D eigenvalue weighted by Gasteiger charge is -2.18. The third-order valence-corrected chi connectivity index (χ3v) is 5.99. The van der Waals surface area contributed by atoms with E-state index in [9.17, 15) is 37.7 Å². The normalized spacial score (nSPS) is 13.2. The summed E-state index contributed by atoms with van der Waals surface area (Å²) in [6.45, 7) is 1.26. The molecule has 10 heteroatoms. The molecule has 4 N–H and O–H groups in total. The highest BCUT2D eigenvalue weighted by Gasteiger charge is 2.31. The fourth-order valence-electron chi connectivity index (χ4n) is 3.83. The Morgan fingerprint density at radius 1 is 1.00 bits per heavy atom. The molecule has 0 heterocycles. The van der Waals surface area contributed by atoms with E-state index in [-0.39, 0.29) is 36.9 Å². The molecule has 0 aliphatic rings. The number of hydrogen-bond donors (Lipinski definition) is 4. The van der Waals surface area contributed by atoms with E-state index < -0.39 is 36.2 Å². The van der Waals surface area contributed by atoms with Gasteiger partial charge in [-0.25, -0.2) is 4.39 Å². The van der Waals surface area contributed by atoms with Crippen molar-refractivity contribution in [2.75, 3.05) is 6.54 Å². The Kier molecular flexibility index (Phi) is 9.84. The van der Waals surface area contributed by atoms with Gasteiger partial charge < -0.3 is 25.4 Å². The number of phenols is 1. The molecular weight excluding hydrogens is 506 g/mol. The van der Waals surface area contributed by atoms with Crippen LogP contribution in [-0.4, -0.2) is 33.9 Å². The lowest BCUT2D eigenvalue weighted by atomic mass is 10.0. The Morgan fingerprint density at radius 3 is 2.34 bits per heavy atom. The topological polar surface area (TPSA) is 99.0 Å². The van der Waals surface area contributed by atoms with Crippen molar-refractivity contribution in [1.82, 2.24) is 5.32 Å². The number of rotatable bonds is 11. The predicted octanol–water partition coefficient (Wildman–Crippen LogP) is 4.58. The molecule has 3 rings (SSSR count). The molecule has 38 heavy (non-hydrogen) atoms. The van der Waals surface area contributed by atoms with E-state index in [1.54, 1.807) is 24.3 Å². The molecule has 0 radical (unpaired) electrons. The first-order valence-electron chi connectivity index (χ1n) is 11.9. The molecule has 3 aromatic rings. The average Bonchev–Trinajstić information content (AvgIpc) is 2.87. The average molecular weight is 536 g/mol. The molecule has 0 unspecified atom stereocenters. The minimum Gasteiger partial charge on any atom is -0.508 e. The summed E-state index contributed by atoms with van der Waals surface area (Å²) in [5, 5.41) is 32.5. The van der Waals surface area contributed by atoms with Crippen molar-refractivity contribution < 1.29 is 42.4 Å². The number of carbonyl (C=O) groups is 1. The summed E-state index contributed by atoms with van der Waals surface area (Å²) in [4.78, 5) is 12.1. The first-order valence-corrected chi connectivity index (χ1v) is 11.9. The summed E-state index contributed by atoms with van der Waals surface area (Å²) in [6.07, 6.45) is -4.95. The summed E-state index contributed by atoms with van der Waals surface area (Å²) in [5.74, 6) is -1.62. The summed E-state index contributed by atoms with van der Waals surface area (Å²) < 4.78 is 57.3. The molecule has 204 valence electrons. The molecular formula is C28H29F4NO5. The van der Waals surface area contributed by atoms with Crippen LogP contribution in [0, 0.1) is 5.82 Å². The quantitative estimate of drug-likeness (QED) is 0.212. The molecule has 0 aliphatic carbocycles. The zero-order chi connectivity index (χ0) is 27.9. The molecule has 0 spiro atoms. The first kappa shape index (κ1) is 29.1. The van der Waals surface area contributed by atoms with Crippen molar-refractivity contribution in [2.45, 2.75) is 51.3 Å². The predicted molar refractivity (Wildman–Crippen MR) is 132 cm³/mol. The van der Waals surface area contributed by atoms with Crippen LogP contribution in [-0.2, 0) is 41.8 Å². The molecule has 0 amide bonds. The SMILES string of the molecule is C[C@H](Cc1ccc(CC(=O)OCc2cc(C(F)(F)F)ccc2F)cc1)NC[C@H](O)c1ccc(O)c(CO)c1. The Labute approximate surface area is 217 Å². The second-order valence-corrected chi connectivity index (χ2v) is 9.03. The lowest BCUT2D eigenvalue weighted by Crippen LogP contribution is -2.32. The molecule has 0 fully saturated rings. The van der Waals surface area contributed by atoms with Gasteiger partial charge in [-0.05, 0) is 60.4 Å². The standard InChI is InChI=1S/C28H29F4NO5/c1-17(33-14-26(36)20-6-9-25(35)21(12-20)15-34)10-18-2-4-19(5-3-18)11-27(37)38-16-22-13-23(28(30,31)32)7-8-24(22)29/h2-9,12-13,17,26,33-36H,10-11,14-16H2,1H3/t17-,26+/m1/s1. The third-order valence-electron chi connectivity index (χ3n) is 5.99. The maximum Gasteiger partial charge on any atom is 0.416 e. The van der Waals surface area contributed by atoms with Crippen LogP contribution in [0.4, 0.5) is 17.6 Å². The molecule has 6 nitrogen and oxygen atoms in total. The Balaban J connectivity index is 1.46. The minimum atomic E-state index is -4.63. The van der Waals surface area contributed by atoms with Gasteiger partial charge in [0.15, 0.2) is 0 Å². The number of hydrogen-bond acceptors (Lipinski definition) is 6. The van der Waals surface area contributed by atoms with Gasteiger partial charge in [0.05, 0.1) is 24.7 Å². The van der Waals surface area contributed by atoms with E-state index in [4.69, 9.17) is 4.74 Å². The first-order chi connectivity index (χ1) is 18.0. The van der Waals surface area contributed by atoms with E-state index >= 15 is 0 Å². The second kappa shape index (κ2) is 12.9. The van der Waals surface area contributed by atoms with Crippen molar-refractivity contribution in [2.24, 2.45) is 0 Å². The number of aliphatic hydroxyl groups is 2. The summed E-state index contributed by atoms with van der Waals surface area (Å²) in [5.41, 5.74) is 1.13. The van der Waals surface area contributed by atoms with Gasteiger partial charge in [-0.1, -0.05) is 30.3 Å². The highest BCUT2D eigenvalue weighted by molar-refractivity contribution is 5.72. The van der Waals surface area contributed by atoms with Gasteiger partial charge in [-0.2, -0.15) is 13.2 Å². The third kappa shape index (κ3) is 8.27. The number of aromatic hydroxyl groups is 1. The van der Waals surface area contributed by atoms with Gasteiger partial charge in [0.25, 0.3) is 0 Å². The molecule has 2 atom stereocenters. The summed E-state index contributed by atoms with van der Waals surface area (Å²) >= 11 is 0. The van der Waals surface area contributed by atoms with Crippen LogP contribution in [0.1, 0.15) is 46.4 Å². The van der Waals surface area contributed by atoms with E-state index in [1.165, 1.54) is 6.07 Å². The van der Waals surface area contributed by atoms with E-state index in [2.05, 4.69) is 5.32 Å². The zero-order valence-corrected chi connectivity index (χ0v) is 20.6. The number of esters is 1. The highest BCUT2D eigenvalue weighted by atomic mass is 19.4. The van der Waals surface area contributed by atoms with Gasteiger partial charge in [0, 0.05) is 23.7 Å². The number of nitrogens with one attached hydrogen (secondary N) is 1. The van der Waals surface area contributed by atoms with Crippen LogP contribution in [0.25, 0.3) is 0 Å². The van der Waals surface area contributed by atoms with Gasteiger partial charge in [-0.3, -0.25) is 4.79 Å². The highest BCUT2D eigenvalue weighted by Crippen LogP contribution is 2.30. The van der Waals surface area contributed by atoms with Crippen molar-refractivity contribution in [1.29, 1.82) is 0 Å². The Bertz CT molecular complexity index is 1230. The molecule has 0 saturated heterocycles. The summed E-state index contributed by atoms with van der Waals surface area (Å²) in [7, 11) is 0. The molecule has 0 aliphatic heterocycles. The number of carbonyl (C=O) groups excluding carboxylic acids is 1. The van der Waals surface area contributed by atoms with Crippen LogP contribution >= 0.6 is 0 Å². The van der Waals surface area contributed by atoms with Crippen LogP contribution in [0.2, 0.25) is 0 Å². The van der Waals surface area contributed by atoms with Crippen LogP contribution in [0.15, 0.2) is 60.7 Å². The van der Waals surface area contributed by atoms with Gasteiger partial charge >= 0.3 is 12.1 Å². The van der Waals surface area contributed by atoms with Gasteiger partial charge in [0.1, 0.15) is 18.2 Å². The van der Waals surface area contributed by atoms with E-state index in [0.717, 1.165) is 5.56 Å². The fraction of sp³-hybridized carbons (Fsp3) is 0.321. The second-order valence-electron chi connectivity index (χ2n) is 9.03. The van der Waals surface area contributed by atoms with Crippen LogP contribution in [0.3, 0.4) is 0 Å². The van der Waals surface area contributed by atoms with E-state index in [1.807, 2.05) is 19.1 Å². The number of ether oxygens (including phenoxy) is 1. The minimum absolute atomic E-state index is 0.00255. The largest absolute Gasteiger partial charge is 0.508 e. The van der Waals surface area contributed by atoms with E-state index in [0.29, 0.717) is 41.3 Å². The van der Waals surface area contributed by atoms with Crippen LogP contribution < -0.4 is 5.32 Å². The number of alkyl halides is 3. The Morgan fingerprint density at radius 2 is 1.68 bits per heavy atom. The number of aliphatic hydroxyl groups excluding tert-OH is 2.